The summed E-state index contributed by atoms with van der Waals surface area (Å²) in [4.78, 5) is 23.9. The van der Waals surface area contributed by atoms with E-state index < -0.39 is 11.7 Å². The van der Waals surface area contributed by atoms with Crippen LogP contribution in [0.4, 0.5) is 30.2 Å². The molecule has 6 rings (SSSR count). The molecule has 8 nitrogen and oxygen atoms in total. The molecule has 3 N–H and O–H groups in total. The quantitative estimate of drug-likeness (QED) is 0.103. The van der Waals surface area contributed by atoms with Gasteiger partial charge in [0.05, 0.1) is 11.3 Å². The molecule has 0 unspecified atom stereocenters. The smallest absolute Gasteiger partial charge is 0.398 e. The van der Waals surface area contributed by atoms with Gasteiger partial charge in [0, 0.05) is 63.3 Å². The molecule has 14 heteroatoms. The van der Waals surface area contributed by atoms with Crippen LogP contribution in [0.15, 0.2) is 110 Å². The van der Waals surface area contributed by atoms with Crippen LogP contribution in [0.3, 0.4) is 0 Å². The van der Waals surface area contributed by atoms with Crippen molar-refractivity contribution in [3.63, 3.8) is 0 Å². The van der Waals surface area contributed by atoms with Crippen molar-refractivity contribution in [2.75, 3.05) is 11.1 Å². The van der Waals surface area contributed by atoms with Crippen molar-refractivity contribution in [1.29, 1.82) is 0 Å². The van der Waals surface area contributed by atoms with Crippen LogP contribution in [-0.2, 0) is 6.18 Å². The summed E-state index contributed by atoms with van der Waals surface area (Å²) in [6.45, 7) is 2.01. The molecular weight excluding hydrogens is 763 g/mol. The van der Waals surface area contributed by atoms with Gasteiger partial charge in [-0.1, -0.05) is 54.9 Å². The highest BCUT2D eigenvalue weighted by Crippen LogP contribution is 2.38. The minimum Gasteiger partial charge on any atom is -0.398 e. The first-order chi connectivity index (χ1) is 22.0. The number of aryl methyl sites for hydroxylation is 1. The van der Waals surface area contributed by atoms with E-state index in [2.05, 4.69) is 57.8 Å². The van der Waals surface area contributed by atoms with Gasteiger partial charge in [-0.05, 0) is 83.6 Å². The van der Waals surface area contributed by atoms with E-state index in [1.54, 1.807) is 67.4 Å². The number of nitrogens with zero attached hydrogens (tertiary/aromatic N) is 6. The average Bonchev–Trinajstić information content (AvgIpc) is 3.04. The zero-order valence-electron chi connectivity index (χ0n) is 23.9. The molecule has 0 aliphatic carbocycles. The van der Waals surface area contributed by atoms with E-state index in [9.17, 15) is 13.2 Å². The normalized spacial score (nSPS) is 10.4. The molecule has 0 aliphatic rings. The van der Waals surface area contributed by atoms with Crippen molar-refractivity contribution in [1.82, 2.24) is 29.9 Å². The second-order valence-electron chi connectivity index (χ2n) is 9.21. The minimum absolute atomic E-state index is 0. The van der Waals surface area contributed by atoms with Gasteiger partial charge in [-0.25, -0.2) is 29.9 Å². The van der Waals surface area contributed by atoms with Crippen molar-refractivity contribution < 1.29 is 13.2 Å². The Morgan fingerprint density at radius 1 is 0.681 bits per heavy atom. The number of para-hydroxylation sites is 2. The summed E-state index contributed by atoms with van der Waals surface area (Å²) in [5, 5.41) is 3.28. The van der Waals surface area contributed by atoms with Crippen LogP contribution in [-0.4, -0.2) is 29.9 Å². The third kappa shape index (κ3) is 10.8. The highest BCUT2D eigenvalue weighted by Gasteiger charge is 2.34. The molecule has 0 atom stereocenters. The molecule has 47 heavy (non-hydrogen) atoms. The first kappa shape index (κ1) is 37.1. The summed E-state index contributed by atoms with van der Waals surface area (Å²) >= 11 is 13.6. The fourth-order valence-corrected chi connectivity index (χ4v) is 4.68. The van der Waals surface area contributed by atoms with Gasteiger partial charge in [-0.2, -0.15) is 13.2 Å². The van der Waals surface area contributed by atoms with Crippen LogP contribution >= 0.6 is 45.8 Å². The van der Waals surface area contributed by atoms with Gasteiger partial charge in [-0.15, -0.1) is 0 Å². The Kier molecular flexibility index (Phi) is 13.8. The van der Waals surface area contributed by atoms with Gasteiger partial charge in [0.25, 0.3) is 0 Å². The van der Waals surface area contributed by atoms with Gasteiger partial charge >= 0.3 is 6.18 Å². The van der Waals surface area contributed by atoms with E-state index in [-0.39, 0.29) is 18.3 Å². The predicted molar refractivity (Wildman–Crippen MR) is 190 cm³/mol. The third-order valence-electron chi connectivity index (χ3n) is 5.95. The largest absolute Gasteiger partial charge is 0.419 e. The lowest BCUT2D eigenvalue weighted by atomic mass is 10.1. The molecule has 0 bridgehead atoms. The highest BCUT2D eigenvalue weighted by atomic mass is 127. The van der Waals surface area contributed by atoms with Gasteiger partial charge in [-0.3, -0.25) is 0 Å². The molecule has 4 aromatic heterocycles. The standard InChI is InChI=1S/C16H10ClF3N4.C10H9N3.C6H5ClIN.CH4/c17-14-8-13(11(9-23-14)16(18,19)20)24-12-5-2-1-4-10(12)15-21-6-3-7-22-15;11-9-5-2-1-4-8(9)10-12-6-3-7-13-10;1-4-3-9-6(7)2-5(4)8;/h1-9H,(H,23,24);1-7H,11H2;2-3H,1H3;1H4. The zero-order valence-corrected chi connectivity index (χ0v) is 27.6. The van der Waals surface area contributed by atoms with Gasteiger partial charge in [0.2, 0.25) is 0 Å². The lowest BCUT2D eigenvalue weighted by molar-refractivity contribution is -0.137. The van der Waals surface area contributed by atoms with Gasteiger partial charge < -0.3 is 11.1 Å². The Bertz CT molecular complexity index is 1880. The number of hydrogen-bond donors (Lipinski definition) is 2. The molecule has 4 heterocycles. The average molecular weight is 791 g/mol. The number of pyridine rings is 2. The van der Waals surface area contributed by atoms with E-state index >= 15 is 0 Å². The number of rotatable bonds is 4. The zero-order chi connectivity index (χ0) is 33.1. The summed E-state index contributed by atoms with van der Waals surface area (Å²) in [6.07, 6.45) is 4.44. The molecular formula is C33H28Cl2F3IN8. The Balaban J connectivity index is 0.000000218. The van der Waals surface area contributed by atoms with Crippen LogP contribution in [0.5, 0.6) is 0 Å². The molecule has 6 aromatic rings. The molecule has 0 radical (unpaired) electrons. The second kappa shape index (κ2) is 17.5. The number of nitrogens with one attached hydrogen (secondary N) is 1. The van der Waals surface area contributed by atoms with E-state index in [0.29, 0.717) is 39.9 Å². The number of alkyl halides is 3. The topological polar surface area (TPSA) is 115 Å². The maximum Gasteiger partial charge on any atom is 0.419 e. The van der Waals surface area contributed by atoms with E-state index in [1.165, 1.54) is 5.56 Å². The number of nitrogens with two attached hydrogens (primary N) is 1. The number of benzene rings is 2. The first-order valence-corrected chi connectivity index (χ1v) is 15.1. The van der Waals surface area contributed by atoms with Crippen molar-refractivity contribution in [3.05, 3.63) is 135 Å². The summed E-state index contributed by atoms with van der Waals surface area (Å²) in [6, 6.07) is 20.8. The predicted octanol–water partition coefficient (Wildman–Crippen LogP) is 9.96. The third-order valence-corrected chi connectivity index (χ3v) is 7.53. The highest BCUT2D eigenvalue weighted by molar-refractivity contribution is 14.1. The van der Waals surface area contributed by atoms with Crippen molar-refractivity contribution in [3.8, 4) is 22.8 Å². The molecule has 0 fully saturated rings. The molecule has 0 amide bonds. The molecule has 0 aliphatic heterocycles. The Labute approximate surface area is 293 Å². The Hall–Kier alpha value is -4.40. The van der Waals surface area contributed by atoms with Crippen molar-refractivity contribution >= 4 is 62.9 Å². The van der Waals surface area contributed by atoms with Crippen LogP contribution < -0.4 is 11.1 Å². The number of anilines is 3. The van der Waals surface area contributed by atoms with Gasteiger partial charge in [0.1, 0.15) is 10.3 Å². The number of halogens is 6. The molecule has 2 aromatic carbocycles. The Morgan fingerprint density at radius 2 is 1.19 bits per heavy atom. The van der Waals surface area contributed by atoms with Crippen LogP contribution in [0, 0.1) is 10.5 Å². The molecule has 0 spiro atoms. The fourth-order valence-electron chi connectivity index (χ4n) is 3.74. The van der Waals surface area contributed by atoms with E-state index in [1.807, 2.05) is 37.3 Å². The van der Waals surface area contributed by atoms with Crippen molar-refractivity contribution in [2.24, 2.45) is 0 Å². The van der Waals surface area contributed by atoms with Crippen LogP contribution in [0.2, 0.25) is 10.3 Å². The number of aromatic nitrogens is 6. The van der Waals surface area contributed by atoms with Crippen LogP contribution in [0.25, 0.3) is 22.8 Å². The second-order valence-corrected chi connectivity index (χ2v) is 11.1. The summed E-state index contributed by atoms with van der Waals surface area (Å²) in [7, 11) is 0. The summed E-state index contributed by atoms with van der Waals surface area (Å²) in [5.74, 6) is 1.06. The summed E-state index contributed by atoms with van der Waals surface area (Å²) in [5.41, 5.74) is 8.42. The maximum absolute atomic E-state index is 13.2. The van der Waals surface area contributed by atoms with Crippen molar-refractivity contribution in [2.45, 2.75) is 20.5 Å². The SMILES string of the molecule is C.Cc1cnc(Cl)cc1I.FC(F)(F)c1cnc(Cl)cc1Nc1ccccc1-c1ncccn1.Nc1ccccc1-c1ncccn1. The first-order valence-electron chi connectivity index (χ1n) is 13.3. The van der Waals surface area contributed by atoms with Crippen LogP contribution in [0.1, 0.15) is 18.6 Å². The molecule has 242 valence electrons. The summed E-state index contributed by atoms with van der Waals surface area (Å²) < 4.78 is 40.6. The lowest BCUT2D eigenvalue weighted by Gasteiger charge is -2.16. The molecule has 0 saturated carbocycles. The molecule has 0 saturated heterocycles. The fraction of sp³-hybridized carbons (Fsp3) is 0.0909. The lowest BCUT2D eigenvalue weighted by Crippen LogP contribution is -2.10. The van der Waals surface area contributed by atoms with E-state index in [4.69, 9.17) is 28.9 Å². The number of hydrogen-bond acceptors (Lipinski definition) is 8. The minimum atomic E-state index is -4.56. The monoisotopic (exact) mass is 790 g/mol. The maximum atomic E-state index is 13.2. The Morgan fingerprint density at radius 3 is 1.74 bits per heavy atom. The number of nitrogen functional groups attached to an aromatic ring is 1. The van der Waals surface area contributed by atoms with E-state index in [0.717, 1.165) is 15.2 Å². The van der Waals surface area contributed by atoms with Gasteiger partial charge in [0.15, 0.2) is 11.6 Å².